The van der Waals surface area contributed by atoms with Crippen LogP contribution in [0, 0.1) is 0 Å². The molecule has 1 atom stereocenters. The Balaban J connectivity index is 1.32. The number of hydrogen-bond donors (Lipinski definition) is 2. The van der Waals surface area contributed by atoms with Crippen LogP contribution < -0.4 is 20.1 Å². The average molecular weight is 332 g/mol. The van der Waals surface area contributed by atoms with Crippen LogP contribution in [0.3, 0.4) is 0 Å². The van der Waals surface area contributed by atoms with Crippen LogP contribution in [-0.2, 0) is 24.0 Å². The zero-order valence-corrected chi connectivity index (χ0v) is 13.9. The van der Waals surface area contributed by atoms with Crippen molar-refractivity contribution in [3.05, 3.63) is 22.8 Å². The molecule has 1 aromatic carbocycles. The smallest absolute Gasteiger partial charge is 0.314 e. The van der Waals surface area contributed by atoms with Crippen molar-refractivity contribution in [2.24, 2.45) is 0 Å². The standard InChI is InChI=1S/C18H24N2O4/c21-18(20-11-13-2-1-7-22-13)19-6-3-15-14-5-9-23-16(14)10-12-4-8-24-17(12)15/h10,13H,1-9,11H2,(H2,19,20,21). The number of fused-ring (bicyclic) bond motifs is 2. The van der Waals surface area contributed by atoms with Crippen molar-refractivity contribution >= 4 is 6.03 Å². The molecule has 1 unspecified atom stereocenters. The third-order valence-corrected chi connectivity index (χ3v) is 4.94. The van der Waals surface area contributed by atoms with Crippen molar-refractivity contribution in [3.63, 3.8) is 0 Å². The van der Waals surface area contributed by atoms with Gasteiger partial charge in [-0.1, -0.05) is 0 Å². The third-order valence-electron chi connectivity index (χ3n) is 4.94. The van der Waals surface area contributed by atoms with Gasteiger partial charge < -0.3 is 24.8 Å². The number of carbonyl (C=O) groups is 1. The maximum atomic E-state index is 11.9. The zero-order valence-electron chi connectivity index (χ0n) is 13.9. The molecule has 0 bridgehead atoms. The normalized spacial score (nSPS) is 20.9. The molecule has 4 rings (SSSR count). The van der Waals surface area contributed by atoms with E-state index in [-0.39, 0.29) is 12.1 Å². The molecule has 2 amide bonds. The molecular weight excluding hydrogens is 308 g/mol. The van der Waals surface area contributed by atoms with E-state index in [4.69, 9.17) is 14.2 Å². The van der Waals surface area contributed by atoms with Gasteiger partial charge in [0.25, 0.3) is 0 Å². The molecule has 3 heterocycles. The van der Waals surface area contributed by atoms with Gasteiger partial charge in [0.2, 0.25) is 0 Å². The molecule has 1 saturated heterocycles. The van der Waals surface area contributed by atoms with Crippen LogP contribution in [0.15, 0.2) is 6.07 Å². The molecule has 0 radical (unpaired) electrons. The largest absolute Gasteiger partial charge is 0.493 e. The molecule has 6 nitrogen and oxygen atoms in total. The molecule has 1 fully saturated rings. The number of benzene rings is 1. The highest BCUT2D eigenvalue weighted by molar-refractivity contribution is 5.73. The van der Waals surface area contributed by atoms with Gasteiger partial charge in [0.05, 0.1) is 19.3 Å². The minimum absolute atomic E-state index is 0.133. The second kappa shape index (κ2) is 6.89. The third kappa shape index (κ3) is 3.15. The summed E-state index contributed by atoms with van der Waals surface area (Å²) >= 11 is 0. The quantitative estimate of drug-likeness (QED) is 0.859. The number of amides is 2. The summed E-state index contributed by atoms with van der Waals surface area (Å²) < 4.78 is 17.1. The first-order valence-electron chi connectivity index (χ1n) is 8.88. The van der Waals surface area contributed by atoms with Crippen LogP contribution in [0.2, 0.25) is 0 Å². The molecule has 0 aliphatic carbocycles. The number of urea groups is 1. The van der Waals surface area contributed by atoms with Gasteiger partial charge in [0.15, 0.2) is 0 Å². The summed E-state index contributed by atoms with van der Waals surface area (Å²) in [5.74, 6) is 2.01. The van der Waals surface area contributed by atoms with Gasteiger partial charge in [-0.25, -0.2) is 4.79 Å². The summed E-state index contributed by atoms with van der Waals surface area (Å²) in [6, 6.07) is 1.99. The Kier molecular flexibility index (Phi) is 4.47. The molecule has 24 heavy (non-hydrogen) atoms. The molecule has 130 valence electrons. The number of nitrogens with one attached hydrogen (secondary N) is 2. The topological polar surface area (TPSA) is 68.8 Å². The fraction of sp³-hybridized carbons (Fsp3) is 0.611. The highest BCUT2D eigenvalue weighted by Gasteiger charge is 2.26. The van der Waals surface area contributed by atoms with Gasteiger partial charge in [-0.3, -0.25) is 0 Å². The summed E-state index contributed by atoms with van der Waals surface area (Å²) in [5.41, 5.74) is 3.68. The minimum atomic E-state index is -0.133. The van der Waals surface area contributed by atoms with E-state index >= 15 is 0 Å². The lowest BCUT2D eigenvalue weighted by Gasteiger charge is -2.14. The lowest BCUT2D eigenvalue weighted by atomic mass is 9.97. The molecule has 0 spiro atoms. The Hall–Kier alpha value is -1.95. The van der Waals surface area contributed by atoms with Crippen LogP contribution in [0.5, 0.6) is 11.5 Å². The highest BCUT2D eigenvalue weighted by Crippen LogP contribution is 2.40. The van der Waals surface area contributed by atoms with Gasteiger partial charge in [-0.2, -0.15) is 0 Å². The number of rotatable bonds is 5. The Bertz CT molecular complexity index is 594. The van der Waals surface area contributed by atoms with Gasteiger partial charge in [-0.15, -0.1) is 0 Å². The lowest BCUT2D eigenvalue weighted by molar-refractivity contribution is 0.111. The van der Waals surface area contributed by atoms with Crippen molar-refractivity contribution in [1.29, 1.82) is 0 Å². The first-order chi connectivity index (χ1) is 11.8. The van der Waals surface area contributed by atoms with Crippen LogP contribution >= 0.6 is 0 Å². The molecule has 2 N–H and O–H groups in total. The first-order valence-corrected chi connectivity index (χ1v) is 8.88. The van der Waals surface area contributed by atoms with Crippen LogP contribution in [-0.4, -0.2) is 45.0 Å². The second-order valence-corrected chi connectivity index (χ2v) is 6.54. The van der Waals surface area contributed by atoms with Gasteiger partial charge >= 0.3 is 6.03 Å². The summed E-state index contributed by atoms with van der Waals surface area (Å²) in [4.78, 5) is 11.9. The first kappa shape index (κ1) is 15.6. The van der Waals surface area contributed by atoms with E-state index in [9.17, 15) is 4.79 Å². The van der Waals surface area contributed by atoms with Crippen molar-refractivity contribution in [3.8, 4) is 11.5 Å². The van der Waals surface area contributed by atoms with Crippen molar-refractivity contribution in [1.82, 2.24) is 10.6 Å². The average Bonchev–Trinajstić information content (AvgIpc) is 3.32. The highest BCUT2D eigenvalue weighted by atomic mass is 16.5. The number of hydrogen-bond acceptors (Lipinski definition) is 4. The van der Waals surface area contributed by atoms with Gasteiger partial charge in [0, 0.05) is 49.2 Å². The van der Waals surface area contributed by atoms with E-state index in [1.165, 1.54) is 16.7 Å². The van der Waals surface area contributed by atoms with Crippen molar-refractivity contribution < 1.29 is 19.0 Å². The molecule has 3 aliphatic rings. The molecule has 1 aromatic rings. The summed E-state index contributed by atoms with van der Waals surface area (Å²) in [6.07, 6.45) is 4.91. The SMILES string of the molecule is O=C(NCCc1c2c(cc3c1OCC3)OCC2)NCC1CCCO1. The van der Waals surface area contributed by atoms with E-state index in [0.29, 0.717) is 13.1 Å². The van der Waals surface area contributed by atoms with E-state index in [1.54, 1.807) is 0 Å². The fourth-order valence-corrected chi connectivity index (χ4v) is 3.72. The van der Waals surface area contributed by atoms with Gasteiger partial charge in [-0.05, 0) is 25.3 Å². The minimum Gasteiger partial charge on any atom is -0.493 e. The van der Waals surface area contributed by atoms with Crippen molar-refractivity contribution in [2.45, 2.75) is 38.2 Å². The maximum absolute atomic E-state index is 11.9. The summed E-state index contributed by atoms with van der Waals surface area (Å²) in [6.45, 7) is 3.45. The second-order valence-electron chi connectivity index (χ2n) is 6.54. The number of carbonyl (C=O) groups excluding carboxylic acids is 1. The van der Waals surface area contributed by atoms with E-state index < -0.39 is 0 Å². The fourth-order valence-electron chi connectivity index (χ4n) is 3.72. The van der Waals surface area contributed by atoms with Crippen LogP contribution in [0.4, 0.5) is 4.79 Å². The Morgan fingerprint density at radius 2 is 2.08 bits per heavy atom. The lowest BCUT2D eigenvalue weighted by Crippen LogP contribution is -2.40. The summed E-state index contributed by atoms with van der Waals surface area (Å²) in [5, 5.41) is 5.82. The molecule has 6 heteroatoms. The van der Waals surface area contributed by atoms with Gasteiger partial charge in [0.1, 0.15) is 11.5 Å². The Morgan fingerprint density at radius 3 is 2.96 bits per heavy atom. The molecule has 3 aliphatic heterocycles. The monoisotopic (exact) mass is 332 g/mol. The molecular formula is C18H24N2O4. The van der Waals surface area contributed by atoms with Crippen LogP contribution in [0.25, 0.3) is 0 Å². The number of ether oxygens (including phenoxy) is 3. The summed E-state index contributed by atoms with van der Waals surface area (Å²) in [7, 11) is 0. The Morgan fingerprint density at radius 1 is 1.17 bits per heavy atom. The van der Waals surface area contributed by atoms with E-state index in [2.05, 4.69) is 16.7 Å². The van der Waals surface area contributed by atoms with Crippen LogP contribution in [0.1, 0.15) is 29.5 Å². The molecule has 0 saturated carbocycles. The predicted molar refractivity (Wildman–Crippen MR) is 88.9 cm³/mol. The van der Waals surface area contributed by atoms with E-state index in [0.717, 1.165) is 63.4 Å². The van der Waals surface area contributed by atoms with E-state index in [1.807, 2.05) is 0 Å². The molecule has 0 aromatic heterocycles. The Labute approximate surface area is 141 Å². The zero-order chi connectivity index (χ0) is 16.4. The predicted octanol–water partition coefficient (Wildman–Crippen LogP) is 1.58. The maximum Gasteiger partial charge on any atom is 0.314 e. The van der Waals surface area contributed by atoms with Crippen molar-refractivity contribution in [2.75, 3.05) is 32.9 Å².